The molecule has 1 saturated heterocycles. The molecule has 4 heterocycles. The lowest BCUT2D eigenvalue weighted by Gasteiger charge is -2.30. The minimum Gasteiger partial charge on any atom is -0.381 e. The first kappa shape index (κ1) is 20.0. The van der Waals surface area contributed by atoms with E-state index >= 15 is 0 Å². The van der Waals surface area contributed by atoms with Gasteiger partial charge in [-0.25, -0.2) is 4.98 Å². The zero-order valence-electron chi connectivity index (χ0n) is 17.9. The number of rotatable bonds is 4. The molecule has 1 atom stereocenters. The summed E-state index contributed by atoms with van der Waals surface area (Å²) >= 11 is 1.70. The van der Waals surface area contributed by atoms with Crippen LogP contribution in [0.2, 0.25) is 0 Å². The molecule has 0 spiro atoms. The lowest BCUT2D eigenvalue weighted by atomic mass is 9.92. The topological polar surface area (TPSA) is 69.0 Å². The number of fused-ring (bicyclic) bond motifs is 4. The molecule has 1 fully saturated rings. The average Bonchev–Trinajstić information content (AvgIpc) is 3.20. The third-order valence-electron chi connectivity index (χ3n) is 6.79. The molecule has 2 aliphatic rings. The number of pyridine rings is 1. The van der Waals surface area contributed by atoms with E-state index in [0.29, 0.717) is 18.6 Å². The Morgan fingerprint density at radius 1 is 1.09 bits per heavy atom. The van der Waals surface area contributed by atoms with E-state index in [2.05, 4.69) is 27.4 Å². The minimum absolute atomic E-state index is 0.0660. The van der Waals surface area contributed by atoms with Crippen molar-refractivity contribution in [2.24, 2.45) is 0 Å². The molecule has 1 aliphatic heterocycles. The van der Waals surface area contributed by atoms with Gasteiger partial charge in [0.25, 0.3) is 5.56 Å². The molecule has 1 unspecified atom stereocenters. The molecular weight excluding hydrogens is 420 g/mol. The van der Waals surface area contributed by atoms with Crippen molar-refractivity contribution in [3.05, 3.63) is 69.2 Å². The number of aryl methyl sites for hydroxylation is 1. The van der Waals surface area contributed by atoms with E-state index in [-0.39, 0.29) is 5.56 Å². The fraction of sp³-hybridized carbons (Fsp3) is 0.400. The van der Waals surface area contributed by atoms with Crippen molar-refractivity contribution in [2.75, 3.05) is 13.2 Å². The van der Waals surface area contributed by atoms with Gasteiger partial charge in [0.1, 0.15) is 4.83 Å². The second-order valence-corrected chi connectivity index (χ2v) is 9.93. The molecule has 0 amide bonds. The highest BCUT2D eigenvalue weighted by Crippen LogP contribution is 2.34. The molecule has 6 nitrogen and oxygen atoms in total. The predicted molar refractivity (Wildman–Crippen MR) is 128 cm³/mol. The first-order valence-electron chi connectivity index (χ1n) is 11.4. The number of nitrogens with one attached hydrogen (secondary N) is 1. The van der Waals surface area contributed by atoms with Crippen molar-refractivity contribution in [3.8, 4) is 0 Å². The molecule has 3 aromatic heterocycles. The maximum Gasteiger partial charge on any atom is 0.262 e. The minimum atomic E-state index is 0.0660. The van der Waals surface area contributed by atoms with Crippen molar-refractivity contribution in [3.63, 3.8) is 0 Å². The highest BCUT2D eigenvalue weighted by molar-refractivity contribution is 7.18. The van der Waals surface area contributed by atoms with E-state index in [1.165, 1.54) is 10.4 Å². The van der Waals surface area contributed by atoms with E-state index < -0.39 is 0 Å². The maximum atomic E-state index is 13.5. The van der Waals surface area contributed by atoms with E-state index in [4.69, 9.17) is 4.74 Å². The van der Waals surface area contributed by atoms with Crippen LogP contribution in [-0.2, 0) is 24.1 Å². The summed E-state index contributed by atoms with van der Waals surface area (Å²) in [7, 11) is 0. The van der Waals surface area contributed by atoms with Crippen LogP contribution < -0.4 is 10.9 Å². The van der Waals surface area contributed by atoms with Crippen LogP contribution in [0.5, 0.6) is 0 Å². The molecular formula is C25H26N4O2S. The monoisotopic (exact) mass is 446 g/mol. The SMILES string of the molecule is O=c1c2c3c(sc2ncn1Cc1cccc2cccnc12)CC(NC1CCOCC1)CC3. The Morgan fingerprint density at radius 2 is 1.97 bits per heavy atom. The predicted octanol–water partition coefficient (Wildman–Crippen LogP) is 3.68. The Morgan fingerprint density at radius 3 is 2.88 bits per heavy atom. The van der Waals surface area contributed by atoms with Gasteiger partial charge >= 0.3 is 0 Å². The van der Waals surface area contributed by atoms with Gasteiger partial charge in [0.15, 0.2) is 0 Å². The summed E-state index contributed by atoms with van der Waals surface area (Å²) in [5, 5.41) is 5.75. The first-order valence-corrected chi connectivity index (χ1v) is 12.2. The van der Waals surface area contributed by atoms with Gasteiger partial charge in [0.2, 0.25) is 0 Å². The van der Waals surface area contributed by atoms with Crippen LogP contribution in [-0.4, -0.2) is 39.8 Å². The van der Waals surface area contributed by atoms with Crippen LogP contribution in [0.1, 0.15) is 35.3 Å². The quantitative estimate of drug-likeness (QED) is 0.518. The Balaban J connectivity index is 1.30. The van der Waals surface area contributed by atoms with Gasteiger partial charge < -0.3 is 10.1 Å². The van der Waals surface area contributed by atoms with Crippen LogP contribution >= 0.6 is 11.3 Å². The van der Waals surface area contributed by atoms with Gasteiger partial charge in [-0.2, -0.15) is 0 Å². The molecule has 4 aromatic rings. The van der Waals surface area contributed by atoms with Crippen molar-refractivity contribution < 1.29 is 4.74 Å². The molecule has 1 aromatic carbocycles. The molecule has 1 aliphatic carbocycles. The van der Waals surface area contributed by atoms with Gasteiger partial charge in [-0.3, -0.25) is 14.3 Å². The van der Waals surface area contributed by atoms with Gasteiger partial charge in [-0.05, 0) is 49.3 Å². The van der Waals surface area contributed by atoms with Crippen LogP contribution in [0.4, 0.5) is 0 Å². The second kappa shape index (κ2) is 8.39. The highest BCUT2D eigenvalue weighted by Gasteiger charge is 2.27. The first-order chi connectivity index (χ1) is 15.8. The van der Waals surface area contributed by atoms with Crippen molar-refractivity contribution >= 4 is 32.5 Å². The Kier molecular flexibility index (Phi) is 5.25. The molecule has 6 rings (SSSR count). The lowest BCUT2D eigenvalue weighted by Crippen LogP contribution is -2.44. The van der Waals surface area contributed by atoms with Gasteiger partial charge in [-0.15, -0.1) is 11.3 Å². The number of aromatic nitrogens is 3. The number of nitrogens with zero attached hydrogens (tertiary/aromatic N) is 3. The zero-order valence-corrected chi connectivity index (χ0v) is 18.7. The fourth-order valence-corrected chi connectivity index (χ4v) is 6.39. The van der Waals surface area contributed by atoms with Crippen LogP contribution in [0.25, 0.3) is 21.1 Å². The molecule has 7 heteroatoms. The van der Waals surface area contributed by atoms with E-state index in [0.717, 1.165) is 72.0 Å². The Hall–Kier alpha value is -2.61. The number of thiophene rings is 1. The average molecular weight is 447 g/mol. The van der Waals surface area contributed by atoms with E-state index in [1.54, 1.807) is 28.4 Å². The molecule has 0 bridgehead atoms. The van der Waals surface area contributed by atoms with Gasteiger partial charge in [-0.1, -0.05) is 24.3 Å². The molecule has 32 heavy (non-hydrogen) atoms. The number of hydrogen-bond donors (Lipinski definition) is 1. The summed E-state index contributed by atoms with van der Waals surface area (Å²) < 4.78 is 7.23. The largest absolute Gasteiger partial charge is 0.381 e. The highest BCUT2D eigenvalue weighted by atomic mass is 32.1. The number of hydrogen-bond acceptors (Lipinski definition) is 6. The zero-order chi connectivity index (χ0) is 21.5. The summed E-state index contributed by atoms with van der Waals surface area (Å²) in [4.78, 5) is 24.9. The van der Waals surface area contributed by atoms with Crippen molar-refractivity contribution in [1.82, 2.24) is 19.9 Å². The smallest absolute Gasteiger partial charge is 0.262 e. The van der Waals surface area contributed by atoms with E-state index in [1.807, 2.05) is 18.2 Å². The fourth-order valence-electron chi connectivity index (χ4n) is 5.13. The number of benzene rings is 1. The summed E-state index contributed by atoms with van der Waals surface area (Å²) in [5.74, 6) is 0. The van der Waals surface area contributed by atoms with Crippen LogP contribution in [0.15, 0.2) is 47.7 Å². The third kappa shape index (κ3) is 3.64. The second-order valence-electron chi connectivity index (χ2n) is 8.85. The number of ether oxygens (including phenoxy) is 1. The lowest BCUT2D eigenvalue weighted by molar-refractivity contribution is 0.0743. The summed E-state index contributed by atoms with van der Waals surface area (Å²) in [6, 6.07) is 11.1. The maximum absolute atomic E-state index is 13.5. The molecule has 164 valence electrons. The number of para-hydroxylation sites is 1. The van der Waals surface area contributed by atoms with Crippen molar-refractivity contribution in [2.45, 2.75) is 50.7 Å². The third-order valence-corrected chi connectivity index (χ3v) is 7.95. The van der Waals surface area contributed by atoms with Crippen molar-refractivity contribution in [1.29, 1.82) is 0 Å². The van der Waals surface area contributed by atoms with Gasteiger partial charge in [0, 0.05) is 41.8 Å². The van der Waals surface area contributed by atoms with Crippen LogP contribution in [0, 0.1) is 0 Å². The summed E-state index contributed by atoms with van der Waals surface area (Å²) in [5.41, 5.74) is 3.27. The van der Waals surface area contributed by atoms with Crippen LogP contribution in [0.3, 0.4) is 0 Å². The summed E-state index contributed by atoms with van der Waals surface area (Å²) in [6.45, 7) is 2.19. The van der Waals surface area contributed by atoms with Gasteiger partial charge in [0.05, 0.1) is 23.8 Å². The standard InChI is InChI=1S/C25H26N4O2S/c30-25-22-20-7-6-19(28-18-8-11-31-12-9-18)13-21(20)32-24(22)27-15-29(25)14-17-4-1-3-16-5-2-10-26-23(16)17/h1-5,10,15,18-19,28H,6-9,11-14H2. The normalized spacial score (nSPS) is 19.4. The van der Waals surface area contributed by atoms with E-state index in [9.17, 15) is 4.79 Å². The Labute approximate surface area is 190 Å². The molecule has 0 radical (unpaired) electrons. The summed E-state index contributed by atoms with van der Waals surface area (Å²) in [6.07, 6.45) is 8.67. The molecule has 0 saturated carbocycles. The Bertz CT molecular complexity index is 1330. The molecule has 1 N–H and O–H groups in total.